The predicted octanol–water partition coefficient (Wildman–Crippen LogP) is 6.35. The number of carbonyl (C=O) groups excluding carboxylic acids is 1. The summed E-state index contributed by atoms with van der Waals surface area (Å²) < 4.78 is 10.4. The van der Waals surface area contributed by atoms with Crippen LogP contribution < -0.4 is 10.1 Å². The first-order valence-corrected chi connectivity index (χ1v) is 11.9. The molecule has 0 bridgehead atoms. The SMILES string of the molecule is CCOC(=O)c1cnc(-c2ccc(OC)cc2)nc1Nc1nc(-c2ccc3ccccc3c2)cs1. The third kappa shape index (κ3) is 4.83. The van der Waals surface area contributed by atoms with E-state index in [0.717, 1.165) is 28.0 Å². The van der Waals surface area contributed by atoms with Gasteiger partial charge >= 0.3 is 5.97 Å². The van der Waals surface area contributed by atoms with Crippen molar-refractivity contribution in [2.24, 2.45) is 0 Å². The van der Waals surface area contributed by atoms with Gasteiger partial charge in [0.15, 0.2) is 16.8 Å². The van der Waals surface area contributed by atoms with Crippen molar-refractivity contribution in [1.82, 2.24) is 15.0 Å². The van der Waals surface area contributed by atoms with Gasteiger partial charge in [-0.2, -0.15) is 0 Å². The first-order valence-electron chi connectivity index (χ1n) is 11.0. The van der Waals surface area contributed by atoms with Crippen molar-refractivity contribution in [2.75, 3.05) is 19.0 Å². The molecular weight excluding hydrogens is 460 g/mol. The predicted molar refractivity (Wildman–Crippen MR) is 138 cm³/mol. The Hall–Kier alpha value is -4.30. The topological polar surface area (TPSA) is 86.2 Å². The lowest BCUT2D eigenvalue weighted by Crippen LogP contribution is -2.11. The van der Waals surface area contributed by atoms with Gasteiger partial charge in [0.2, 0.25) is 0 Å². The average Bonchev–Trinajstić information content (AvgIpc) is 3.37. The molecule has 2 heterocycles. The van der Waals surface area contributed by atoms with Crippen LogP contribution >= 0.6 is 11.3 Å². The Labute approximate surface area is 206 Å². The van der Waals surface area contributed by atoms with E-state index in [4.69, 9.17) is 14.5 Å². The van der Waals surface area contributed by atoms with Crippen molar-refractivity contribution in [2.45, 2.75) is 6.92 Å². The Bertz CT molecular complexity index is 1500. The zero-order chi connectivity index (χ0) is 24.2. The van der Waals surface area contributed by atoms with Gasteiger partial charge in [0.1, 0.15) is 11.3 Å². The molecule has 7 nitrogen and oxygen atoms in total. The highest BCUT2D eigenvalue weighted by Gasteiger charge is 2.18. The molecule has 174 valence electrons. The van der Waals surface area contributed by atoms with Gasteiger partial charge in [-0.25, -0.2) is 19.7 Å². The van der Waals surface area contributed by atoms with Gasteiger partial charge in [-0.1, -0.05) is 36.4 Å². The van der Waals surface area contributed by atoms with Crippen LogP contribution in [0, 0.1) is 0 Å². The summed E-state index contributed by atoms with van der Waals surface area (Å²) in [5, 5.41) is 8.11. The molecule has 5 aromatic rings. The Morgan fingerprint density at radius 1 is 0.971 bits per heavy atom. The molecule has 0 radical (unpaired) electrons. The summed E-state index contributed by atoms with van der Waals surface area (Å²) in [6.45, 7) is 2.01. The average molecular weight is 483 g/mol. The number of hydrogen-bond acceptors (Lipinski definition) is 8. The molecule has 1 N–H and O–H groups in total. The maximum Gasteiger partial charge on any atom is 0.343 e. The van der Waals surface area contributed by atoms with Crippen LogP contribution in [0.5, 0.6) is 5.75 Å². The van der Waals surface area contributed by atoms with Gasteiger partial charge in [0, 0.05) is 22.7 Å². The second-order valence-corrected chi connectivity index (χ2v) is 8.49. The van der Waals surface area contributed by atoms with Crippen LogP contribution in [0.3, 0.4) is 0 Å². The van der Waals surface area contributed by atoms with Crippen LogP contribution in [0.1, 0.15) is 17.3 Å². The molecule has 0 spiro atoms. The van der Waals surface area contributed by atoms with Crippen LogP contribution in [-0.2, 0) is 4.74 Å². The van der Waals surface area contributed by atoms with Gasteiger partial charge in [-0.15, -0.1) is 11.3 Å². The summed E-state index contributed by atoms with van der Waals surface area (Å²) in [4.78, 5) is 26.3. The number of esters is 1. The van der Waals surface area contributed by atoms with Crippen molar-refractivity contribution >= 4 is 39.0 Å². The number of nitrogens with zero attached hydrogens (tertiary/aromatic N) is 3. The Balaban J connectivity index is 1.47. The number of hydrogen-bond donors (Lipinski definition) is 1. The summed E-state index contributed by atoms with van der Waals surface area (Å²) in [5.41, 5.74) is 2.89. The molecule has 0 atom stereocenters. The van der Waals surface area contributed by atoms with Crippen LogP contribution in [0.4, 0.5) is 10.9 Å². The second-order valence-electron chi connectivity index (χ2n) is 7.63. The highest BCUT2D eigenvalue weighted by molar-refractivity contribution is 7.14. The smallest absolute Gasteiger partial charge is 0.343 e. The Morgan fingerprint density at radius 3 is 2.51 bits per heavy atom. The molecule has 2 aromatic heterocycles. The third-order valence-corrected chi connectivity index (χ3v) is 6.16. The Morgan fingerprint density at radius 2 is 1.74 bits per heavy atom. The summed E-state index contributed by atoms with van der Waals surface area (Å²) in [7, 11) is 1.61. The maximum absolute atomic E-state index is 12.6. The molecular formula is C27H22N4O3S. The number of benzene rings is 3. The van der Waals surface area contributed by atoms with Crippen LogP contribution in [0.25, 0.3) is 33.4 Å². The van der Waals surface area contributed by atoms with Crippen molar-refractivity contribution < 1.29 is 14.3 Å². The van der Waals surface area contributed by atoms with Crippen LogP contribution in [0.15, 0.2) is 78.3 Å². The molecule has 0 unspecified atom stereocenters. The number of rotatable bonds is 7. The van der Waals surface area contributed by atoms with Crippen molar-refractivity contribution in [3.63, 3.8) is 0 Å². The molecule has 3 aromatic carbocycles. The van der Waals surface area contributed by atoms with Gasteiger partial charge in [-0.3, -0.25) is 0 Å². The first-order chi connectivity index (χ1) is 17.1. The summed E-state index contributed by atoms with van der Waals surface area (Å²) in [5.74, 6) is 1.04. The Kier molecular flexibility index (Phi) is 6.36. The van der Waals surface area contributed by atoms with E-state index >= 15 is 0 Å². The number of aromatic nitrogens is 3. The lowest BCUT2D eigenvalue weighted by Gasteiger charge is -2.10. The number of nitrogens with one attached hydrogen (secondary N) is 1. The highest BCUT2D eigenvalue weighted by atomic mass is 32.1. The van der Waals surface area contributed by atoms with Crippen molar-refractivity contribution in [3.05, 3.63) is 83.9 Å². The van der Waals surface area contributed by atoms with Crippen LogP contribution in [0.2, 0.25) is 0 Å². The molecule has 5 rings (SSSR count). The number of methoxy groups -OCH3 is 1. The lowest BCUT2D eigenvalue weighted by molar-refractivity contribution is 0.0526. The fourth-order valence-electron chi connectivity index (χ4n) is 3.63. The van der Waals surface area contributed by atoms with E-state index < -0.39 is 5.97 Å². The summed E-state index contributed by atoms with van der Waals surface area (Å²) in [6, 6.07) is 21.9. The number of ether oxygens (including phenoxy) is 2. The van der Waals surface area contributed by atoms with Crippen molar-refractivity contribution in [1.29, 1.82) is 0 Å². The third-order valence-electron chi connectivity index (χ3n) is 5.41. The van der Waals surface area contributed by atoms with Gasteiger partial charge in [-0.05, 0) is 48.0 Å². The molecule has 0 aliphatic rings. The molecule has 0 amide bonds. The second kappa shape index (κ2) is 9.90. The molecule has 0 aliphatic heterocycles. The monoisotopic (exact) mass is 482 g/mol. The molecule has 0 saturated carbocycles. The molecule has 0 fully saturated rings. The fourth-order valence-corrected chi connectivity index (χ4v) is 4.35. The molecule has 0 saturated heterocycles. The normalized spacial score (nSPS) is 10.8. The zero-order valence-corrected chi connectivity index (χ0v) is 20.0. The first kappa shape index (κ1) is 22.5. The fraction of sp³-hybridized carbons (Fsp3) is 0.111. The number of thiazole rings is 1. The van der Waals surface area contributed by atoms with Crippen molar-refractivity contribution in [3.8, 4) is 28.4 Å². The van der Waals surface area contributed by atoms with E-state index in [1.54, 1.807) is 14.0 Å². The van der Waals surface area contributed by atoms with E-state index in [2.05, 4.69) is 45.6 Å². The summed E-state index contributed by atoms with van der Waals surface area (Å²) >= 11 is 1.43. The van der Waals surface area contributed by atoms with Gasteiger partial charge < -0.3 is 14.8 Å². The molecule has 8 heteroatoms. The van der Waals surface area contributed by atoms with Gasteiger partial charge in [0.25, 0.3) is 0 Å². The minimum absolute atomic E-state index is 0.242. The maximum atomic E-state index is 12.6. The number of fused-ring (bicyclic) bond motifs is 1. The van der Waals surface area contributed by atoms with E-state index in [0.29, 0.717) is 16.8 Å². The minimum Gasteiger partial charge on any atom is -0.497 e. The molecule has 35 heavy (non-hydrogen) atoms. The number of anilines is 2. The van der Waals surface area contributed by atoms with E-state index in [1.165, 1.54) is 22.9 Å². The van der Waals surface area contributed by atoms with E-state index in [9.17, 15) is 4.79 Å². The minimum atomic E-state index is -0.498. The molecule has 0 aliphatic carbocycles. The number of carbonyl (C=O) groups is 1. The van der Waals surface area contributed by atoms with Gasteiger partial charge in [0.05, 0.1) is 19.4 Å². The van der Waals surface area contributed by atoms with E-state index in [1.807, 2.05) is 41.8 Å². The van der Waals surface area contributed by atoms with E-state index in [-0.39, 0.29) is 12.2 Å². The summed E-state index contributed by atoms with van der Waals surface area (Å²) in [6.07, 6.45) is 1.48. The highest BCUT2D eigenvalue weighted by Crippen LogP contribution is 2.30. The zero-order valence-electron chi connectivity index (χ0n) is 19.2. The quantitative estimate of drug-likeness (QED) is 0.271. The van der Waals surface area contributed by atoms with Crippen LogP contribution in [-0.4, -0.2) is 34.6 Å². The lowest BCUT2D eigenvalue weighted by atomic mass is 10.1. The standard InChI is InChI=1S/C27H22N4O3S/c1-3-34-26(32)22-15-28-24(18-10-12-21(33-2)13-11-18)30-25(22)31-27-29-23(16-35-27)20-9-8-17-6-4-5-7-19(17)14-20/h4-16H,3H2,1-2H3,(H,28,29,30,31). The largest absolute Gasteiger partial charge is 0.497 e.